The summed E-state index contributed by atoms with van der Waals surface area (Å²) in [5.74, 6) is 1.34. The topological polar surface area (TPSA) is 72.3 Å². The van der Waals surface area contributed by atoms with Gasteiger partial charge in [0.15, 0.2) is 5.58 Å². The number of nitrogens with zero attached hydrogens (tertiary/aromatic N) is 1. The molecule has 2 rings (SSSR count). The molecule has 1 unspecified atom stereocenters. The number of rotatable bonds is 4. The van der Waals surface area contributed by atoms with Gasteiger partial charge < -0.3 is 15.3 Å². The van der Waals surface area contributed by atoms with Gasteiger partial charge in [0.25, 0.3) is 0 Å². The first-order chi connectivity index (χ1) is 7.69. The van der Waals surface area contributed by atoms with Crippen LogP contribution in [-0.2, 0) is 5.75 Å². The van der Waals surface area contributed by atoms with Gasteiger partial charge in [-0.1, -0.05) is 6.92 Å². The van der Waals surface area contributed by atoms with E-state index in [1.165, 1.54) is 0 Å². The molecule has 0 fully saturated rings. The van der Waals surface area contributed by atoms with E-state index in [0.29, 0.717) is 17.3 Å². The van der Waals surface area contributed by atoms with E-state index in [9.17, 15) is 0 Å². The van der Waals surface area contributed by atoms with E-state index in [-0.39, 0.29) is 11.9 Å². The van der Waals surface area contributed by atoms with Crippen LogP contribution >= 0.6 is 11.8 Å². The minimum absolute atomic E-state index is 0.165. The van der Waals surface area contributed by atoms with Crippen molar-refractivity contribution >= 4 is 28.5 Å². The normalized spacial score (nSPS) is 13.1. The Bertz CT molecular complexity index is 484. The fourth-order valence-corrected chi connectivity index (χ4v) is 1.98. The first kappa shape index (κ1) is 11.3. The van der Waals surface area contributed by atoms with E-state index < -0.39 is 0 Å². The summed E-state index contributed by atoms with van der Waals surface area (Å²) in [4.78, 5) is 4.33. The monoisotopic (exact) mass is 238 g/mol. The molecule has 0 bridgehead atoms. The number of aliphatic hydroxyl groups excluding tert-OH is 1. The Hall–Kier alpha value is -1.20. The van der Waals surface area contributed by atoms with Crippen molar-refractivity contribution in [2.45, 2.75) is 17.9 Å². The molecule has 0 amide bonds. The van der Waals surface area contributed by atoms with Gasteiger partial charge in [-0.25, -0.2) is 4.98 Å². The predicted octanol–water partition coefficient (Wildman–Crippen LogP) is 2.02. The molecule has 4 nitrogen and oxygen atoms in total. The van der Waals surface area contributed by atoms with Gasteiger partial charge in [-0.05, 0) is 18.2 Å². The summed E-state index contributed by atoms with van der Waals surface area (Å²) in [5, 5.41) is 9.10. The molecule has 0 aliphatic heterocycles. The Morgan fingerprint density at radius 3 is 3.12 bits per heavy atom. The molecule has 0 radical (unpaired) electrons. The lowest BCUT2D eigenvalue weighted by Gasteiger charge is -2.03. The molecule has 0 spiro atoms. The smallest absolute Gasteiger partial charge is 0.205 e. The van der Waals surface area contributed by atoms with E-state index in [1.54, 1.807) is 23.9 Å². The molecular formula is C11H14N2O2S. The van der Waals surface area contributed by atoms with Crippen molar-refractivity contribution in [2.75, 3.05) is 12.3 Å². The molecular weight excluding hydrogens is 224 g/mol. The number of anilines is 1. The first-order valence-corrected chi connectivity index (χ1v) is 6.11. The van der Waals surface area contributed by atoms with Crippen molar-refractivity contribution in [3.63, 3.8) is 0 Å². The SMILES string of the molecule is CC(CO)SCc1nc2cc(N)ccc2o1. The lowest BCUT2D eigenvalue weighted by molar-refractivity contribution is 0.300. The second-order valence-corrected chi connectivity index (χ2v) is 5.07. The standard InChI is InChI=1S/C11H14N2O2S/c1-7(5-14)16-6-11-13-9-4-8(12)2-3-10(9)15-11/h2-4,7,14H,5-6,12H2,1H3. The van der Waals surface area contributed by atoms with Gasteiger partial charge in [0.2, 0.25) is 5.89 Å². The summed E-state index contributed by atoms with van der Waals surface area (Å²) < 4.78 is 5.55. The van der Waals surface area contributed by atoms with Crippen LogP contribution < -0.4 is 5.73 Å². The van der Waals surface area contributed by atoms with Gasteiger partial charge >= 0.3 is 0 Å². The van der Waals surface area contributed by atoms with Crippen LogP contribution in [0.25, 0.3) is 11.1 Å². The Morgan fingerprint density at radius 1 is 1.56 bits per heavy atom. The highest BCUT2D eigenvalue weighted by Gasteiger charge is 2.08. The van der Waals surface area contributed by atoms with E-state index in [0.717, 1.165) is 11.1 Å². The highest BCUT2D eigenvalue weighted by atomic mass is 32.2. The molecule has 1 aromatic heterocycles. The fourth-order valence-electron chi connectivity index (χ4n) is 1.32. The van der Waals surface area contributed by atoms with E-state index in [2.05, 4.69) is 4.98 Å². The first-order valence-electron chi connectivity index (χ1n) is 5.06. The fraction of sp³-hybridized carbons (Fsp3) is 0.364. The highest BCUT2D eigenvalue weighted by molar-refractivity contribution is 7.99. The number of oxazole rings is 1. The maximum Gasteiger partial charge on any atom is 0.205 e. The Labute approximate surface area is 97.8 Å². The van der Waals surface area contributed by atoms with E-state index in [1.807, 2.05) is 13.0 Å². The third kappa shape index (κ3) is 2.48. The van der Waals surface area contributed by atoms with Crippen LogP contribution in [0, 0.1) is 0 Å². The summed E-state index contributed by atoms with van der Waals surface area (Å²) in [6.07, 6.45) is 0. The largest absolute Gasteiger partial charge is 0.440 e. The number of nitrogen functional groups attached to an aromatic ring is 1. The van der Waals surface area contributed by atoms with Crippen LogP contribution in [0.2, 0.25) is 0 Å². The van der Waals surface area contributed by atoms with Crippen LogP contribution in [0.1, 0.15) is 12.8 Å². The van der Waals surface area contributed by atoms with Crippen molar-refractivity contribution in [3.8, 4) is 0 Å². The second-order valence-electron chi connectivity index (χ2n) is 3.64. The third-order valence-corrected chi connectivity index (χ3v) is 3.34. The molecule has 0 saturated heterocycles. The molecule has 3 N–H and O–H groups in total. The lowest BCUT2D eigenvalue weighted by atomic mass is 10.3. The van der Waals surface area contributed by atoms with E-state index >= 15 is 0 Å². The van der Waals surface area contributed by atoms with Crippen molar-refractivity contribution in [1.82, 2.24) is 4.98 Å². The van der Waals surface area contributed by atoms with Crippen LogP contribution in [0.5, 0.6) is 0 Å². The summed E-state index contributed by atoms with van der Waals surface area (Å²) in [6.45, 7) is 2.13. The van der Waals surface area contributed by atoms with E-state index in [4.69, 9.17) is 15.3 Å². The highest BCUT2D eigenvalue weighted by Crippen LogP contribution is 2.22. The molecule has 0 aliphatic carbocycles. The zero-order valence-electron chi connectivity index (χ0n) is 9.01. The minimum Gasteiger partial charge on any atom is -0.440 e. The second kappa shape index (κ2) is 4.76. The van der Waals surface area contributed by atoms with Crippen molar-refractivity contribution < 1.29 is 9.52 Å². The van der Waals surface area contributed by atoms with Crippen molar-refractivity contribution in [1.29, 1.82) is 0 Å². The van der Waals surface area contributed by atoms with Crippen LogP contribution in [0.15, 0.2) is 22.6 Å². The average Bonchev–Trinajstić information content (AvgIpc) is 2.67. The maximum atomic E-state index is 8.90. The van der Waals surface area contributed by atoms with Crippen LogP contribution in [-0.4, -0.2) is 21.9 Å². The molecule has 16 heavy (non-hydrogen) atoms. The predicted molar refractivity (Wildman–Crippen MR) is 66.3 cm³/mol. The number of hydrogen-bond donors (Lipinski definition) is 2. The Balaban J connectivity index is 2.13. The van der Waals surface area contributed by atoms with Crippen LogP contribution in [0.3, 0.4) is 0 Å². The molecule has 0 saturated carbocycles. The summed E-state index contributed by atoms with van der Waals surface area (Å²) in [7, 11) is 0. The number of benzene rings is 1. The Kier molecular flexibility index (Phi) is 3.36. The number of hydrogen-bond acceptors (Lipinski definition) is 5. The third-order valence-electron chi connectivity index (χ3n) is 2.20. The summed E-state index contributed by atoms with van der Waals surface area (Å²) in [5.41, 5.74) is 7.88. The zero-order chi connectivity index (χ0) is 11.5. The minimum atomic E-state index is 0.165. The number of thioether (sulfide) groups is 1. The molecule has 0 aliphatic rings. The summed E-state index contributed by atoms with van der Waals surface area (Å²) >= 11 is 1.61. The average molecular weight is 238 g/mol. The van der Waals surface area contributed by atoms with Gasteiger partial charge in [0.1, 0.15) is 5.52 Å². The van der Waals surface area contributed by atoms with Gasteiger partial charge in [0.05, 0.1) is 12.4 Å². The quantitative estimate of drug-likeness (QED) is 0.797. The number of aliphatic hydroxyl groups is 1. The van der Waals surface area contributed by atoms with Gasteiger partial charge in [-0.2, -0.15) is 0 Å². The van der Waals surface area contributed by atoms with Gasteiger partial charge in [-0.3, -0.25) is 0 Å². The van der Waals surface area contributed by atoms with Crippen molar-refractivity contribution in [2.24, 2.45) is 0 Å². The van der Waals surface area contributed by atoms with Crippen molar-refractivity contribution in [3.05, 3.63) is 24.1 Å². The zero-order valence-corrected chi connectivity index (χ0v) is 9.83. The molecule has 1 aromatic carbocycles. The molecule has 5 heteroatoms. The van der Waals surface area contributed by atoms with Gasteiger partial charge in [0, 0.05) is 10.9 Å². The molecule has 1 heterocycles. The number of fused-ring (bicyclic) bond motifs is 1. The maximum absolute atomic E-state index is 8.90. The van der Waals surface area contributed by atoms with Crippen LogP contribution in [0.4, 0.5) is 5.69 Å². The summed E-state index contributed by atoms with van der Waals surface area (Å²) in [6, 6.07) is 5.41. The van der Waals surface area contributed by atoms with Gasteiger partial charge in [-0.15, -0.1) is 11.8 Å². The Morgan fingerprint density at radius 2 is 2.38 bits per heavy atom. The number of aromatic nitrogens is 1. The number of nitrogens with two attached hydrogens (primary N) is 1. The molecule has 86 valence electrons. The molecule has 1 atom stereocenters. The lowest BCUT2D eigenvalue weighted by Crippen LogP contribution is -2.02. The molecule has 2 aromatic rings.